The number of sulfonamides is 1. The fourth-order valence-corrected chi connectivity index (χ4v) is 4.36. The first kappa shape index (κ1) is 21.9. The molecule has 1 aliphatic heterocycles. The van der Waals surface area contributed by atoms with Crippen LogP contribution in [0.5, 0.6) is 0 Å². The van der Waals surface area contributed by atoms with Gasteiger partial charge in [0.2, 0.25) is 15.9 Å². The zero-order valence-corrected chi connectivity index (χ0v) is 17.4. The van der Waals surface area contributed by atoms with Crippen molar-refractivity contribution in [3.63, 3.8) is 0 Å². The average molecular weight is 396 g/mol. The van der Waals surface area contributed by atoms with Crippen molar-refractivity contribution in [3.8, 4) is 0 Å². The van der Waals surface area contributed by atoms with Gasteiger partial charge in [0.15, 0.2) is 0 Å². The summed E-state index contributed by atoms with van der Waals surface area (Å²) in [4.78, 5) is 14.6. The summed E-state index contributed by atoms with van der Waals surface area (Å²) in [5.41, 5.74) is 1.98. The van der Waals surface area contributed by atoms with Gasteiger partial charge in [-0.25, -0.2) is 13.1 Å². The highest BCUT2D eigenvalue weighted by Crippen LogP contribution is 2.14. The fraction of sp³-hybridized carbons (Fsp3) is 0.650. The number of nitrogens with one attached hydrogen (secondary N) is 2. The molecule has 1 amide bonds. The number of rotatable bonds is 9. The molecule has 1 heterocycles. The molecule has 2 N–H and O–H groups in total. The number of likely N-dealkylation sites (tertiary alicyclic amines) is 1. The molecule has 1 saturated heterocycles. The Balaban J connectivity index is 1.64. The van der Waals surface area contributed by atoms with E-state index in [9.17, 15) is 13.2 Å². The second kappa shape index (κ2) is 10.8. The van der Waals surface area contributed by atoms with E-state index in [4.69, 9.17) is 0 Å². The molecule has 27 heavy (non-hydrogen) atoms. The van der Waals surface area contributed by atoms with Crippen LogP contribution in [-0.4, -0.2) is 51.9 Å². The first-order valence-corrected chi connectivity index (χ1v) is 11.4. The summed E-state index contributed by atoms with van der Waals surface area (Å²) in [5.74, 6) is -0.117. The molecule has 1 aliphatic rings. The van der Waals surface area contributed by atoms with Gasteiger partial charge in [-0.2, -0.15) is 0 Å². The molecule has 0 aliphatic carbocycles. The summed E-state index contributed by atoms with van der Waals surface area (Å²) in [7, 11) is -3.58. The van der Waals surface area contributed by atoms with E-state index >= 15 is 0 Å². The van der Waals surface area contributed by atoms with Crippen LogP contribution in [0.3, 0.4) is 0 Å². The summed E-state index contributed by atoms with van der Waals surface area (Å²) >= 11 is 0. The molecule has 0 unspecified atom stereocenters. The van der Waals surface area contributed by atoms with E-state index in [1.54, 1.807) is 18.2 Å². The summed E-state index contributed by atoms with van der Waals surface area (Å²) in [5, 5.41) is 2.88. The molecular weight excluding hydrogens is 362 g/mol. The van der Waals surface area contributed by atoms with Crippen LogP contribution in [0.2, 0.25) is 0 Å². The van der Waals surface area contributed by atoms with Crippen molar-refractivity contribution in [1.29, 1.82) is 0 Å². The van der Waals surface area contributed by atoms with Crippen LogP contribution in [0.4, 0.5) is 0 Å². The number of carbonyl (C=O) groups excluding carboxylic acids is 1. The van der Waals surface area contributed by atoms with E-state index in [0.717, 1.165) is 37.2 Å². The van der Waals surface area contributed by atoms with Crippen LogP contribution in [0.1, 0.15) is 49.7 Å². The molecule has 152 valence electrons. The van der Waals surface area contributed by atoms with Gasteiger partial charge in [0.25, 0.3) is 0 Å². The van der Waals surface area contributed by atoms with Gasteiger partial charge < -0.3 is 10.2 Å². The van der Waals surface area contributed by atoms with Gasteiger partial charge in [-0.3, -0.25) is 4.79 Å². The minimum absolute atomic E-state index is 0.104. The Kier molecular flexibility index (Phi) is 8.73. The standard InChI is InChI=1S/C20H33N3O3S/c1-17-8-9-19(16-18(17)2)27(25,26)22-12-10-20(24)21-11-7-15-23-13-5-3-4-6-14-23/h8-9,16,22H,3-7,10-15H2,1-2H3,(H,21,24). The fourth-order valence-electron chi connectivity index (χ4n) is 3.24. The molecule has 0 bridgehead atoms. The maximum Gasteiger partial charge on any atom is 0.240 e. The quantitative estimate of drug-likeness (QED) is 0.629. The number of nitrogens with zero attached hydrogens (tertiary/aromatic N) is 1. The Bertz CT molecular complexity index is 711. The highest BCUT2D eigenvalue weighted by molar-refractivity contribution is 7.89. The van der Waals surface area contributed by atoms with E-state index in [1.807, 2.05) is 13.8 Å². The minimum atomic E-state index is -3.58. The lowest BCUT2D eigenvalue weighted by Crippen LogP contribution is -2.33. The van der Waals surface area contributed by atoms with Crippen LogP contribution in [0, 0.1) is 13.8 Å². The molecule has 0 radical (unpaired) electrons. The summed E-state index contributed by atoms with van der Waals surface area (Å²) in [6, 6.07) is 5.04. The Morgan fingerprint density at radius 2 is 1.74 bits per heavy atom. The zero-order chi connectivity index (χ0) is 19.7. The lowest BCUT2D eigenvalue weighted by Gasteiger charge is -2.19. The summed E-state index contributed by atoms with van der Waals surface area (Å²) in [6.45, 7) is 7.90. The van der Waals surface area contributed by atoms with Gasteiger partial charge >= 0.3 is 0 Å². The molecule has 2 rings (SSSR count). The number of hydrogen-bond donors (Lipinski definition) is 2. The van der Waals surface area contributed by atoms with Crippen LogP contribution in [0.25, 0.3) is 0 Å². The average Bonchev–Trinajstić information content (AvgIpc) is 2.89. The van der Waals surface area contributed by atoms with Crippen LogP contribution in [-0.2, 0) is 14.8 Å². The number of carbonyl (C=O) groups is 1. The predicted octanol–water partition coefficient (Wildman–Crippen LogP) is 2.35. The molecule has 0 atom stereocenters. The molecular formula is C20H33N3O3S. The second-order valence-electron chi connectivity index (χ2n) is 7.35. The molecule has 6 nitrogen and oxygen atoms in total. The van der Waals surface area contributed by atoms with Gasteiger partial charge in [-0.15, -0.1) is 0 Å². The van der Waals surface area contributed by atoms with Crippen molar-refractivity contribution in [3.05, 3.63) is 29.3 Å². The normalized spacial score (nSPS) is 16.1. The van der Waals surface area contributed by atoms with Gasteiger partial charge in [0.1, 0.15) is 0 Å². The molecule has 7 heteroatoms. The predicted molar refractivity (Wildman–Crippen MR) is 108 cm³/mol. The number of aryl methyl sites for hydroxylation is 2. The molecule has 1 aromatic rings. The third-order valence-electron chi connectivity index (χ3n) is 5.10. The van der Waals surface area contributed by atoms with E-state index < -0.39 is 10.0 Å². The molecule has 1 fully saturated rings. The third kappa shape index (κ3) is 7.60. The van der Waals surface area contributed by atoms with Crippen molar-refractivity contribution in [2.45, 2.75) is 57.3 Å². The first-order chi connectivity index (χ1) is 12.9. The smallest absolute Gasteiger partial charge is 0.240 e. The van der Waals surface area contributed by atoms with Crippen LogP contribution < -0.4 is 10.0 Å². The van der Waals surface area contributed by atoms with Gasteiger partial charge in [-0.05, 0) is 76.0 Å². The molecule has 1 aromatic carbocycles. The number of hydrogen-bond acceptors (Lipinski definition) is 4. The zero-order valence-electron chi connectivity index (χ0n) is 16.6. The Hall–Kier alpha value is -1.44. The van der Waals surface area contributed by atoms with Gasteiger partial charge in [0.05, 0.1) is 4.90 Å². The Morgan fingerprint density at radius 1 is 1.04 bits per heavy atom. The van der Waals surface area contributed by atoms with Crippen molar-refractivity contribution in [2.24, 2.45) is 0 Å². The largest absolute Gasteiger partial charge is 0.356 e. The summed E-state index contributed by atoms with van der Waals surface area (Å²) in [6.07, 6.45) is 6.27. The number of benzene rings is 1. The van der Waals surface area contributed by atoms with E-state index in [2.05, 4.69) is 14.9 Å². The van der Waals surface area contributed by atoms with Crippen molar-refractivity contribution < 1.29 is 13.2 Å². The lowest BCUT2D eigenvalue weighted by atomic mass is 10.1. The highest BCUT2D eigenvalue weighted by Gasteiger charge is 2.15. The molecule has 0 spiro atoms. The number of amides is 1. The SMILES string of the molecule is Cc1ccc(S(=O)(=O)NCCC(=O)NCCCN2CCCCCC2)cc1C. The van der Waals surface area contributed by atoms with Crippen molar-refractivity contribution >= 4 is 15.9 Å². The lowest BCUT2D eigenvalue weighted by molar-refractivity contribution is -0.120. The minimum Gasteiger partial charge on any atom is -0.356 e. The maximum atomic E-state index is 12.3. The van der Waals surface area contributed by atoms with Gasteiger partial charge in [-0.1, -0.05) is 18.9 Å². The monoisotopic (exact) mass is 395 g/mol. The molecule has 0 aromatic heterocycles. The topological polar surface area (TPSA) is 78.5 Å². The second-order valence-corrected chi connectivity index (χ2v) is 9.12. The Morgan fingerprint density at radius 3 is 2.41 bits per heavy atom. The first-order valence-electron chi connectivity index (χ1n) is 9.94. The van der Waals surface area contributed by atoms with Crippen molar-refractivity contribution in [1.82, 2.24) is 14.9 Å². The van der Waals surface area contributed by atoms with Crippen LogP contribution >= 0.6 is 0 Å². The van der Waals surface area contributed by atoms with Gasteiger partial charge in [0, 0.05) is 19.5 Å². The van der Waals surface area contributed by atoms with E-state index in [1.165, 1.54) is 25.7 Å². The van der Waals surface area contributed by atoms with Crippen LogP contribution in [0.15, 0.2) is 23.1 Å². The highest BCUT2D eigenvalue weighted by atomic mass is 32.2. The summed E-state index contributed by atoms with van der Waals surface area (Å²) < 4.78 is 27.1. The molecule has 0 saturated carbocycles. The van der Waals surface area contributed by atoms with E-state index in [-0.39, 0.29) is 23.8 Å². The Labute approximate surface area is 163 Å². The maximum absolute atomic E-state index is 12.3. The third-order valence-corrected chi connectivity index (χ3v) is 6.56. The van der Waals surface area contributed by atoms with Crippen molar-refractivity contribution in [2.75, 3.05) is 32.7 Å². The van der Waals surface area contributed by atoms with E-state index in [0.29, 0.717) is 6.54 Å².